The summed E-state index contributed by atoms with van der Waals surface area (Å²) in [6.45, 7) is 4.33. The molecule has 2 aromatic carbocycles. The van der Waals surface area contributed by atoms with Gasteiger partial charge in [-0.05, 0) is 24.5 Å². The monoisotopic (exact) mass is 404 g/mol. The highest BCUT2D eigenvalue weighted by Crippen LogP contribution is 2.32. The molecular weight excluding hydrogens is 378 g/mol. The third-order valence-electron chi connectivity index (χ3n) is 6.44. The van der Waals surface area contributed by atoms with Crippen molar-refractivity contribution in [3.05, 3.63) is 75.6 Å². The number of benzene rings is 2. The fourth-order valence-corrected chi connectivity index (χ4v) is 4.85. The first-order valence-electron chi connectivity index (χ1n) is 10.7. The molecule has 6 nitrogen and oxygen atoms in total. The summed E-state index contributed by atoms with van der Waals surface area (Å²) in [5.74, 6) is -0.517. The summed E-state index contributed by atoms with van der Waals surface area (Å²) in [7, 11) is 0. The van der Waals surface area contributed by atoms with Crippen LogP contribution in [-0.2, 0) is 19.5 Å². The number of rotatable bonds is 3. The summed E-state index contributed by atoms with van der Waals surface area (Å²) in [5.41, 5.74) is 2.68. The van der Waals surface area contributed by atoms with Crippen molar-refractivity contribution in [3.63, 3.8) is 0 Å². The lowest BCUT2D eigenvalue weighted by Crippen LogP contribution is -3.13. The molecule has 6 heteroatoms. The molecule has 0 aliphatic carbocycles. The van der Waals surface area contributed by atoms with Crippen molar-refractivity contribution in [2.75, 3.05) is 26.2 Å². The Bertz CT molecular complexity index is 1160. The number of carbonyl (C=O) groups is 1. The minimum Gasteiger partial charge on any atom is -0.506 e. The molecule has 2 aliphatic heterocycles. The van der Waals surface area contributed by atoms with Gasteiger partial charge in [-0.3, -0.25) is 9.59 Å². The normalized spacial score (nSPS) is 16.7. The van der Waals surface area contributed by atoms with Crippen molar-refractivity contribution >= 4 is 16.8 Å². The van der Waals surface area contributed by atoms with Gasteiger partial charge in [0.15, 0.2) is 0 Å². The van der Waals surface area contributed by atoms with Crippen molar-refractivity contribution < 1.29 is 14.8 Å². The molecule has 5 rings (SSSR count). The molecule has 154 valence electrons. The predicted molar refractivity (Wildman–Crippen MR) is 115 cm³/mol. The molecular formula is C24H26N3O3+. The molecule has 1 fully saturated rings. The van der Waals surface area contributed by atoms with Crippen LogP contribution in [0.1, 0.15) is 27.9 Å². The van der Waals surface area contributed by atoms with Crippen LogP contribution in [0.2, 0.25) is 0 Å². The lowest BCUT2D eigenvalue weighted by Gasteiger charge is -2.32. The predicted octanol–water partition coefficient (Wildman–Crippen LogP) is 1.19. The van der Waals surface area contributed by atoms with Crippen molar-refractivity contribution in [2.45, 2.75) is 25.9 Å². The van der Waals surface area contributed by atoms with Gasteiger partial charge in [-0.2, -0.15) is 0 Å². The van der Waals surface area contributed by atoms with E-state index in [1.165, 1.54) is 10.5 Å². The average molecular weight is 404 g/mol. The number of para-hydroxylation sites is 1. The number of nitrogens with zero attached hydrogens (tertiary/aromatic N) is 2. The van der Waals surface area contributed by atoms with Crippen molar-refractivity contribution in [2.24, 2.45) is 0 Å². The third-order valence-corrected chi connectivity index (χ3v) is 6.44. The Morgan fingerprint density at radius 2 is 1.77 bits per heavy atom. The third kappa shape index (κ3) is 3.17. The first kappa shape index (κ1) is 18.9. The highest BCUT2D eigenvalue weighted by atomic mass is 16.3. The Labute approximate surface area is 175 Å². The fourth-order valence-electron chi connectivity index (χ4n) is 4.85. The largest absolute Gasteiger partial charge is 0.506 e. The van der Waals surface area contributed by atoms with Crippen LogP contribution >= 0.6 is 0 Å². The quantitative estimate of drug-likeness (QED) is 0.689. The molecule has 0 radical (unpaired) electrons. The fraction of sp³-hybridized carbons (Fsp3) is 0.333. The van der Waals surface area contributed by atoms with E-state index >= 15 is 0 Å². The summed E-state index contributed by atoms with van der Waals surface area (Å²) in [6, 6.07) is 16.0. The molecule has 1 amide bonds. The van der Waals surface area contributed by atoms with E-state index in [1.54, 1.807) is 15.5 Å². The second kappa shape index (κ2) is 7.61. The molecule has 0 spiro atoms. The van der Waals surface area contributed by atoms with E-state index in [0.717, 1.165) is 43.6 Å². The second-order valence-corrected chi connectivity index (χ2v) is 8.30. The van der Waals surface area contributed by atoms with Gasteiger partial charge >= 0.3 is 0 Å². The topological polar surface area (TPSA) is 67.0 Å². The van der Waals surface area contributed by atoms with Gasteiger partial charge in [-0.15, -0.1) is 0 Å². The SMILES string of the molecule is O=C(c1c(O)c2cccc3c2n(c1=O)CCC3)N1CC[NH+](Cc2ccccc2)CC1. The van der Waals surface area contributed by atoms with Gasteiger partial charge < -0.3 is 19.5 Å². The van der Waals surface area contributed by atoms with E-state index < -0.39 is 0 Å². The number of piperazine rings is 1. The van der Waals surface area contributed by atoms with Crippen LogP contribution in [0, 0.1) is 0 Å². The van der Waals surface area contributed by atoms with Gasteiger partial charge in [-0.25, -0.2) is 0 Å². The first-order chi connectivity index (χ1) is 14.6. The molecule has 0 saturated carbocycles. The molecule has 2 N–H and O–H groups in total. The van der Waals surface area contributed by atoms with Crippen LogP contribution in [-0.4, -0.2) is 46.7 Å². The van der Waals surface area contributed by atoms with Crippen LogP contribution in [0.25, 0.3) is 10.9 Å². The number of quaternary nitrogens is 1. The average Bonchev–Trinajstić information content (AvgIpc) is 2.78. The van der Waals surface area contributed by atoms with Gasteiger partial charge in [0.2, 0.25) is 0 Å². The lowest BCUT2D eigenvalue weighted by atomic mass is 9.99. The van der Waals surface area contributed by atoms with Gasteiger partial charge in [0.05, 0.1) is 31.7 Å². The number of aromatic hydroxyl groups is 1. The number of aromatic nitrogens is 1. The number of amides is 1. The number of pyridine rings is 1. The number of aryl methyl sites for hydroxylation is 2. The zero-order valence-corrected chi connectivity index (χ0v) is 16.9. The van der Waals surface area contributed by atoms with Gasteiger partial charge in [-0.1, -0.05) is 42.5 Å². The zero-order valence-electron chi connectivity index (χ0n) is 16.9. The van der Waals surface area contributed by atoms with Crippen molar-refractivity contribution in [1.29, 1.82) is 0 Å². The first-order valence-corrected chi connectivity index (χ1v) is 10.7. The molecule has 1 aromatic heterocycles. The maximum Gasteiger partial charge on any atom is 0.267 e. The maximum atomic E-state index is 13.3. The van der Waals surface area contributed by atoms with E-state index in [0.29, 0.717) is 25.0 Å². The highest BCUT2D eigenvalue weighted by molar-refractivity contribution is 6.03. The van der Waals surface area contributed by atoms with Crippen LogP contribution in [0.4, 0.5) is 0 Å². The number of carbonyl (C=O) groups excluding carboxylic acids is 1. The Balaban J connectivity index is 1.40. The van der Waals surface area contributed by atoms with Crippen molar-refractivity contribution in [1.82, 2.24) is 9.47 Å². The van der Waals surface area contributed by atoms with E-state index in [4.69, 9.17) is 0 Å². The summed E-state index contributed by atoms with van der Waals surface area (Å²) in [5, 5.41) is 11.5. The summed E-state index contributed by atoms with van der Waals surface area (Å²) in [4.78, 5) is 29.6. The van der Waals surface area contributed by atoms with Gasteiger partial charge in [0.1, 0.15) is 17.9 Å². The Kier molecular flexibility index (Phi) is 4.79. The Morgan fingerprint density at radius 3 is 2.53 bits per heavy atom. The number of nitrogens with one attached hydrogen (secondary N) is 1. The van der Waals surface area contributed by atoms with E-state index in [-0.39, 0.29) is 22.8 Å². The second-order valence-electron chi connectivity index (χ2n) is 8.30. The molecule has 3 heterocycles. The van der Waals surface area contributed by atoms with E-state index in [9.17, 15) is 14.7 Å². The van der Waals surface area contributed by atoms with Crippen LogP contribution in [0.15, 0.2) is 53.3 Å². The number of hydrogen-bond acceptors (Lipinski definition) is 3. The Morgan fingerprint density at radius 1 is 1.00 bits per heavy atom. The molecule has 2 aliphatic rings. The van der Waals surface area contributed by atoms with Crippen LogP contribution in [0.5, 0.6) is 5.75 Å². The van der Waals surface area contributed by atoms with Crippen molar-refractivity contribution in [3.8, 4) is 5.75 Å². The zero-order chi connectivity index (χ0) is 20.7. The van der Waals surface area contributed by atoms with E-state index in [1.807, 2.05) is 30.3 Å². The minimum atomic E-state index is -0.365. The highest BCUT2D eigenvalue weighted by Gasteiger charge is 2.31. The molecule has 0 bridgehead atoms. The summed E-state index contributed by atoms with van der Waals surface area (Å²) in [6.07, 6.45) is 1.75. The molecule has 1 saturated heterocycles. The molecule has 3 aromatic rings. The summed E-state index contributed by atoms with van der Waals surface area (Å²) >= 11 is 0. The summed E-state index contributed by atoms with van der Waals surface area (Å²) < 4.78 is 1.68. The molecule has 30 heavy (non-hydrogen) atoms. The van der Waals surface area contributed by atoms with E-state index in [2.05, 4.69) is 12.1 Å². The Hall–Kier alpha value is -3.12. The number of hydrogen-bond donors (Lipinski definition) is 2. The minimum absolute atomic E-state index is 0.0759. The van der Waals surface area contributed by atoms with Gasteiger partial charge in [0.25, 0.3) is 11.5 Å². The molecule has 0 atom stereocenters. The standard InChI is InChI=1S/C24H25N3O3/c28-22-19-10-4-8-18-9-5-11-27(21(18)19)24(30)20(22)23(29)26-14-12-25(13-15-26)16-17-6-2-1-3-7-17/h1-4,6-8,10,28H,5,9,11-16H2/p+1. The lowest BCUT2D eigenvalue weighted by molar-refractivity contribution is -0.917. The van der Waals surface area contributed by atoms with Gasteiger partial charge in [0, 0.05) is 17.5 Å². The maximum absolute atomic E-state index is 13.3. The molecule has 0 unspecified atom stereocenters. The van der Waals surface area contributed by atoms with Crippen LogP contribution in [0.3, 0.4) is 0 Å². The smallest absolute Gasteiger partial charge is 0.267 e. The van der Waals surface area contributed by atoms with Crippen LogP contribution < -0.4 is 10.5 Å².